The number of ether oxygens (including phenoxy) is 2. The topological polar surface area (TPSA) is 76.4 Å². The second kappa shape index (κ2) is 7.42. The summed E-state index contributed by atoms with van der Waals surface area (Å²) < 4.78 is 11.5. The Bertz CT molecular complexity index is 643. The first-order valence-electron chi connectivity index (χ1n) is 9.59. The van der Waals surface area contributed by atoms with Crippen LogP contribution in [0.1, 0.15) is 67.2 Å². The fraction of sp³-hybridized carbons (Fsp3) is 0.762. The standard InChI is InChI=1S/C21H31NO4/c1-7-8-15-10-21(12-22)11-16(25-19(21)24)17(15)26-18(23)20(6,14(4)5)9-13(2)3/h9,14-17H,7-8,10-11H2,1-6H3. The average Bonchev–Trinajstić information content (AvgIpc) is 2.83. The molecule has 0 aromatic heterocycles. The summed E-state index contributed by atoms with van der Waals surface area (Å²) in [5.74, 6) is -0.702. The van der Waals surface area contributed by atoms with Gasteiger partial charge < -0.3 is 9.47 Å². The number of esters is 2. The normalized spacial score (nSPS) is 32.4. The molecule has 5 atom stereocenters. The van der Waals surface area contributed by atoms with Crippen molar-refractivity contribution in [1.82, 2.24) is 0 Å². The molecule has 144 valence electrons. The molecule has 0 amide bonds. The molecule has 2 bridgehead atoms. The molecule has 0 spiro atoms. The molecule has 0 aromatic rings. The minimum Gasteiger partial charge on any atom is -0.457 e. The van der Waals surface area contributed by atoms with E-state index < -0.39 is 29.0 Å². The molecule has 1 aliphatic heterocycles. The van der Waals surface area contributed by atoms with Gasteiger partial charge in [-0.05, 0) is 39.5 Å². The molecule has 2 fully saturated rings. The number of hydrogen-bond donors (Lipinski definition) is 0. The maximum absolute atomic E-state index is 13.1. The molecule has 1 aliphatic carbocycles. The van der Waals surface area contributed by atoms with Crippen molar-refractivity contribution in [1.29, 1.82) is 5.26 Å². The van der Waals surface area contributed by atoms with E-state index in [-0.39, 0.29) is 17.8 Å². The molecule has 2 aliphatic rings. The average molecular weight is 361 g/mol. The lowest BCUT2D eigenvalue weighted by atomic mass is 9.68. The number of fused-ring (bicyclic) bond motifs is 2. The summed E-state index contributed by atoms with van der Waals surface area (Å²) in [5, 5.41) is 9.53. The van der Waals surface area contributed by atoms with Crippen LogP contribution in [-0.2, 0) is 19.1 Å². The Morgan fingerprint density at radius 2 is 2.12 bits per heavy atom. The zero-order chi connectivity index (χ0) is 19.7. The first kappa shape index (κ1) is 20.5. The molecule has 0 aromatic carbocycles. The van der Waals surface area contributed by atoms with Crippen molar-refractivity contribution in [3.8, 4) is 6.07 Å². The van der Waals surface area contributed by atoms with E-state index in [1.807, 2.05) is 40.7 Å². The summed E-state index contributed by atoms with van der Waals surface area (Å²) >= 11 is 0. The van der Waals surface area contributed by atoms with E-state index in [0.717, 1.165) is 18.4 Å². The van der Waals surface area contributed by atoms with Gasteiger partial charge >= 0.3 is 11.9 Å². The second-order valence-electron chi connectivity index (χ2n) is 8.62. The van der Waals surface area contributed by atoms with Gasteiger partial charge in [0.15, 0.2) is 5.41 Å². The molecule has 1 heterocycles. The summed E-state index contributed by atoms with van der Waals surface area (Å²) in [7, 11) is 0. The van der Waals surface area contributed by atoms with Gasteiger partial charge in [0.2, 0.25) is 0 Å². The minimum absolute atomic E-state index is 0.0306. The van der Waals surface area contributed by atoms with Crippen LogP contribution in [0.25, 0.3) is 0 Å². The van der Waals surface area contributed by atoms with Crippen molar-refractivity contribution < 1.29 is 19.1 Å². The smallest absolute Gasteiger partial charge is 0.327 e. The molecule has 5 heteroatoms. The maximum atomic E-state index is 13.1. The monoisotopic (exact) mass is 361 g/mol. The number of allylic oxidation sites excluding steroid dienone is 1. The van der Waals surface area contributed by atoms with E-state index in [1.54, 1.807) is 0 Å². The lowest BCUT2D eigenvalue weighted by Gasteiger charge is -2.38. The van der Waals surface area contributed by atoms with Crippen LogP contribution in [0, 0.1) is 34.0 Å². The van der Waals surface area contributed by atoms with Crippen molar-refractivity contribution in [2.45, 2.75) is 79.4 Å². The number of rotatable bonds is 6. The first-order valence-corrected chi connectivity index (χ1v) is 9.59. The number of nitrogens with zero attached hydrogens (tertiary/aromatic N) is 1. The Morgan fingerprint density at radius 3 is 2.62 bits per heavy atom. The third-order valence-corrected chi connectivity index (χ3v) is 5.98. The number of carbonyl (C=O) groups excluding carboxylic acids is 2. The predicted octanol–water partition coefficient (Wildman–Crippen LogP) is 4.17. The van der Waals surface area contributed by atoms with Gasteiger partial charge in [0.25, 0.3) is 0 Å². The van der Waals surface area contributed by atoms with Gasteiger partial charge in [-0.15, -0.1) is 0 Å². The Morgan fingerprint density at radius 1 is 1.46 bits per heavy atom. The largest absolute Gasteiger partial charge is 0.457 e. The van der Waals surface area contributed by atoms with Gasteiger partial charge in [0, 0.05) is 12.3 Å². The summed E-state index contributed by atoms with van der Waals surface area (Å²) in [6.07, 6.45) is 3.40. The van der Waals surface area contributed by atoms with E-state index >= 15 is 0 Å². The van der Waals surface area contributed by atoms with Gasteiger partial charge in [-0.1, -0.05) is 38.8 Å². The third-order valence-electron chi connectivity index (χ3n) is 5.98. The van der Waals surface area contributed by atoms with Crippen LogP contribution in [0.15, 0.2) is 11.6 Å². The Hall–Kier alpha value is -1.83. The maximum Gasteiger partial charge on any atom is 0.327 e. The van der Waals surface area contributed by atoms with Gasteiger partial charge in [-0.3, -0.25) is 9.59 Å². The van der Waals surface area contributed by atoms with E-state index in [2.05, 4.69) is 13.0 Å². The fourth-order valence-corrected chi connectivity index (χ4v) is 4.19. The zero-order valence-electron chi connectivity index (χ0n) is 16.8. The summed E-state index contributed by atoms with van der Waals surface area (Å²) in [5.41, 5.74) is -0.737. The van der Waals surface area contributed by atoms with E-state index in [0.29, 0.717) is 12.8 Å². The van der Waals surface area contributed by atoms with Crippen LogP contribution in [0.2, 0.25) is 0 Å². The van der Waals surface area contributed by atoms with E-state index in [9.17, 15) is 14.9 Å². The molecule has 5 nitrogen and oxygen atoms in total. The second-order valence-corrected chi connectivity index (χ2v) is 8.62. The van der Waals surface area contributed by atoms with E-state index in [1.165, 1.54) is 0 Å². The minimum atomic E-state index is -1.06. The van der Waals surface area contributed by atoms with Gasteiger partial charge in [-0.25, -0.2) is 0 Å². The highest BCUT2D eigenvalue weighted by atomic mass is 16.6. The molecule has 26 heavy (non-hydrogen) atoms. The number of nitriles is 1. The Kier molecular flexibility index (Phi) is 5.85. The summed E-state index contributed by atoms with van der Waals surface area (Å²) in [4.78, 5) is 25.3. The Balaban J connectivity index is 2.29. The zero-order valence-corrected chi connectivity index (χ0v) is 16.8. The molecule has 0 N–H and O–H groups in total. The first-order chi connectivity index (χ1) is 12.1. The highest BCUT2D eigenvalue weighted by Crippen LogP contribution is 2.49. The molecule has 0 radical (unpaired) electrons. The van der Waals surface area contributed by atoms with Crippen LogP contribution in [0.5, 0.6) is 0 Å². The van der Waals surface area contributed by atoms with Crippen molar-refractivity contribution in [3.05, 3.63) is 11.6 Å². The van der Waals surface area contributed by atoms with Crippen molar-refractivity contribution in [2.75, 3.05) is 0 Å². The van der Waals surface area contributed by atoms with Crippen LogP contribution in [0.4, 0.5) is 0 Å². The van der Waals surface area contributed by atoms with Crippen molar-refractivity contribution in [2.24, 2.45) is 22.7 Å². The number of carbonyl (C=O) groups is 2. The molecule has 2 rings (SSSR count). The Labute approximate surface area is 156 Å². The van der Waals surface area contributed by atoms with Gasteiger partial charge in [0.1, 0.15) is 12.2 Å². The van der Waals surface area contributed by atoms with E-state index in [4.69, 9.17) is 9.47 Å². The van der Waals surface area contributed by atoms with Crippen LogP contribution in [-0.4, -0.2) is 24.1 Å². The summed E-state index contributed by atoms with van der Waals surface area (Å²) in [6, 6.07) is 2.17. The molecule has 1 saturated heterocycles. The molecular formula is C21H31NO4. The molecule has 1 saturated carbocycles. The highest BCUT2D eigenvalue weighted by Gasteiger charge is 2.60. The lowest BCUT2D eigenvalue weighted by Crippen LogP contribution is -2.46. The lowest BCUT2D eigenvalue weighted by molar-refractivity contribution is -0.174. The van der Waals surface area contributed by atoms with Gasteiger partial charge in [-0.2, -0.15) is 5.26 Å². The van der Waals surface area contributed by atoms with Crippen LogP contribution in [0.3, 0.4) is 0 Å². The molecular weight excluding hydrogens is 330 g/mol. The van der Waals surface area contributed by atoms with Gasteiger partial charge in [0.05, 0.1) is 11.5 Å². The molecule has 5 unspecified atom stereocenters. The van der Waals surface area contributed by atoms with Crippen molar-refractivity contribution >= 4 is 11.9 Å². The highest BCUT2D eigenvalue weighted by molar-refractivity contribution is 5.83. The third kappa shape index (κ3) is 3.51. The SMILES string of the molecule is CCCC1CC2(C#N)CC(OC2=O)C1OC(=O)C(C)(C=C(C)C)C(C)C. The summed E-state index contributed by atoms with van der Waals surface area (Å²) in [6.45, 7) is 11.9. The number of hydrogen-bond acceptors (Lipinski definition) is 5. The van der Waals surface area contributed by atoms with Crippen LogP contribution >= 0.6 is 0 Å². The predicted molar refractivity (Wildman–Crippen MR) is 97.8 cm³/mol. The van der Waals surface area contributed by atoms with Crippen LogP contribution < -0.4 is 0 Å². The van der Waals surface area contributed by atoms with Crippen molar-refractivity contribution in [3.63, 3.8) is 0 Å². The quantitative estimate of drug-likeness (QED) is 0.524. The fourth-order valence-electron chi connectivity index (χ4n) is 4.19.